The van der Waals surface area contributed by atoms with Gasteiger partial charge in [0.2, 0.25) is 11.9 Å². The Morgan fingerprint density at radius 3 is 2.58 bits per heavy atom. The number of primary amides is 1. The second-order valence-electron chi connectivity index (χ2n) is 4.87. The second-order valence-corrected chi connectivity index (χ2v) is 6.97. The van der Waals surface area contributed by atoms with Crippen LogP contribution >= 0.6 is 20.7 Å². The van der Waals surface area contributed by atoms with Crippen LogP contribution in [0.15, 0.2) is 64.6 Å². The average molecular weight is 434 g/mol. The molecule has 0 bridgehead atoms. The van der Waals surface area contributed by atoms with Crippen molar-refractivity contribution in [1.29, 1.82) is 0 Å². The Bertz CT molecular complexity index is 814. The van der Waals surface area contributed by atoms with E-state index in [1.807, 2.05) is 34.5 Å². The number of nitrogens with zero attached hydrogens (tertiary/aromatic N) is 2. The number of rotatable bonds is 4. The van der Waals surface area contributed by atoms with Crippen LogP contribution in [0.2, 0.25) is 0 Å². The molecule has 0 saturated carbocycles. The maximum atomic E-state index is 11.1. The van der Waals surface area contributed by atoms with Crippen LogP contribution in [0.25, 0.3) is 0 Å². The third-order valence-corrected chi connectivity index (χ3v) is 4.78. The van der Waals surface area contributed by atoms with Gasteiger partial charge in [-0.3, -0.25) is 4.79 Å². The molecule has 0 unspecified atom stereocenters. The lowest BCUT2D eigenvalue weighted by molar-refractivity contribution is 0.100. The first-order valence-electron chi connectivity index (χ1n) is 7.16. The number of nitrogens with two attached hydrogens (primary N) is 1. The Morgan fingerprint density at radius 1 is 1.12 bits per heavy atom. The fourth-order valence-electron chi connectivity index (χ4n) is 1.94. The van der Waals surface area contributed by atoms with E-state index in [0.29, 0.717) is 22.0 Å². The number of guanidine groups is 1. The molecule has 24 heavy (non-hydrogen) atoms. The van der Waals surface area contributed by atoms with Gasteiger partial charge in [0.25, 0.3) is 3.90 Å². The molecule has 0 spiro atoms. The van der Waals surface area contributed by atoms with Crippen LogP contribution in [0, 0.1) is 0 Å². The Balaban J connectivity index is 1.62. The molecule has 2 aromatic carbocycles. The van der Waals surface area contributed by atoms with Gasteiger partial charge in [-0.1, -0.05) is 30.3 Å². The molecule has 0 atom stereocenters. The topological polar surface area (TPSA) is 89.1 Å². The van der Waals surface area contributed by atoms with Crippen LogP contribution in [-0.4, -0.2) is 19.9 Å². The van der Waals surface area contributed by atoms with Crippen molar-refractivity contribution < 1.29 is 9.53 Å². The van der Waals surface area contributed by atoms with E-state index in [2.05, 4.69) is 15.3 Å². The minimum absolute atomic E-state index is 0.453. The summed E-state index contributed by atoms with van der Waals surface area (Å²) in [4.78, 5) is 19.7. The summed E-state index contributed by atoms with van der Waals surface area (Å²) in [7, 11) is 0. The van der Waals surface area contributed by atoms with Crippen LogP contribution in [0.5, 0.6) is 0 Å². The molecule has 0 fully saturated rings. The highest BCUT2D eigenvalue weighted by molar-refractivity contribution is 14.2. The van der Waals surface area contributed by atoms with Crippen molar-refractivity contribution in [2.45, 2.75) is 6.61 Å². The number of halogens is 1. The van der Waals surface area contributed by atoms with Crippen molar-refractivity contribution in [3.8, 4) is 0 Å². The predicted molar refractivity (Wildman–Crippen MR) is 105 cm³/mol. The predicted octanol–water partition coefficient (Wildman–Crippen LogP) is 2.87. The number of hydrogen-bond donors (Lipinski definition) is 2. The van der Waals surface area contributed by atoms with Crippen LogP contribution < -0.4 is 11.1 Å². The van der Waals surface area contributed by atoms with Crippen LogP contribution in [0.3, 0.4) is 0 Å². The molecule has 6 nitrogen and oxygen atoms in total. The van der Waals surface area contributed by atoms with E-state index in [9.17, 15) is 4.79 Å². The average Bonchev–Trinajstić information content (AvgIpc) is 2.62. The SMILES string of the molecule is NC(=O)c1ccc(NC2=NC=IC(OCc3ccccc3)=N2)cc1. The summed E-state index contributed by atoms with van der Waals surface area (Å²) < 4.78 is 8.34. The summed E-state index contributed by atoms with van der Waals surface area (Å²) in [5.74, 6) is 0.0140. The Kier molecular flexibility index (Phi) is 5.32. The summed E-state index contributed by atoms with van der Waals surface area (Å²) in [6.45, 7) is 0.494. The third kappa shape index (κ3) is 4.48. The van der Waals surface area contributed by atoms with Crippen LogP contribution in [0.1, 0.15) is 15.9 Å². The van der Waals surface area contributed by atoms with E-state index in [-0.39, 0.29) is 0 Å². The lowest BCUT2D eigenvalue weighted by Gasteiger charge is -2.10. The zero-order chi connectivity index (χ0) is 16.8. The van der Waals surface area contributed by atoms with Crippen molar-refractivity contribution >= 4 is 46.3 Å². The first-order valence-corrected chi connectivity index (χ1v) is 9.48. The minimum Gasteiger partial charge on any atom is -0.469 e. The number of carbonyl (C=O) groups is 1. The van der Waals surface area contributed by atoms with Gasteiger partial charge in [0, 0.05) is 11.3 Å². The Hall–Kier alpha value is -2.55. The molecule has 1 heterocycles. The van der Waals surface area contributed by atoms with Gasteiger partial charge in [-0.05, 0) is 50.6 Å². The summed E-state index contributed by atoms with van der Waals surface area (Å²) in [5, 5.41) is 3.09. The van der Waals surface area contributed by atoms with E-state index in [4.69, 9.17) is 10.5 Å². The molecule has 3 N–H and O–H groups in total. The molecule has 0 saturated heterocycles. The lowest BCUT2D eigenvalue weighted by atomic mass is 10.2. The second kappa shape index (κ2) is 7.82. The van der Waals surface area contributed by atoms with E-state index in [1.165, 1.54) is 0 Å². The minimum atomic E-state index is -0.454. The van der Waals surface area contributed by atoms with Gasteiger partial charge in [0.15, 0.2) is 0 Å². The number of anilines is 1. The molecule has 0 aromatic heterocycles. The number of nitrogens with one attached hydrogen (secondary N) is 1. The normalized spacial score (nSPS) is 13.3. The number of benzene rings is 2. The summed E-state index contributed by atoms with van der Waals surface area (Å²) in [6.07, 6.45) is 0. The quantitative estimate of drug-likeness (QED) is 0.726. The maximum Gasteiger partial charge on any atom is 0.251 e. The molecule has 3 rings (SSSR count). The van der Waals surface area contributed by atoms with Crippen LogP contribution in [-0.2, 0) is 11.3 Å². The Morgan fingerprint density at radius 2 is 1.88 bits per heavy atom. The van der Waals surface area contributed by atoms with Gasteiger partial charge in [-0.2, -0.15) is 4.99 Å². The van der Waals surface area contributed by atoms with Crippen molar-refractivity contribution in [3.63, 3.8) is 0 Å². The molecule has 0 aliphatic carbocycles. The van der Waals surface area contributed by atoms with Gasteiger partial charge < -0.3 is 15.8 Å². The molecule has 7 heteroatoms. The molecule has 1 aliphatic rings. The standard InChI is InChI=1S/C17H15IN4O2/c19-15(23)13-6-8-14(9-7-13)21-17-20-11-18-16(22-17)24-10-12-4-2-1-3-5-12/h1-9,11H,10H2,(H2,19,23)(H,20,21,22). The summed E-state index contributed by atoms with van der Waals surface area (Å²) in [5.41, 5.74) is 7.56. The molecular weight excluding hydrogens is 419 g/mol. The Labute approximate surface area is 149 Å². The van der Waals surface area contributed by atoms with E-state index >= 15 is 0 Å². The lowest BCUT2D eigenvalue weighted by Crippen LogP contribution is -2.15. The van der Waals surface area contributed by atoms with Gasteiger partial charge in [0.05, 0.1) is 4.14 Å². The largest absolute Gasteiger partial charge is 0.469 e. The maximum absolute atomic E-state index is 11.1. The van der Waals surface area contributed by atoms with Crippen LogP contribution in [0.4, 0.5) is 5.69 Å². The first kappa shape index (κ1) is 16.3. The van der Waals surface area contributed by atoms with Gasteiger partial charge in [0.1, 0.15) is 6.61 Å². The van der Waals surface area contributed by atoms with Gasteiger partial charge in [-0.15, -0.1) is 0 Å². The van der Waals surface area contributed by atoms with E-state index in [0.717, 1.165) is 11.3 Å². The van der Waals surface area contributed by atoms with Gasteiger partial charge >= 0.3 is 0 Å². The molecule has 1 aliphatic heterocycles. The number of hydrogen-bond acceptors (Lipinski definition) is 5. The monoisotopic (exact) mass is 434 g/mol. The van der Waals surface area contributed by atoms with Gasteiger partial charge in [-0.25, -0.2) is 4.99 Å². The molecule has 1 amide bonds. The highest BCUT2D eigenvalue weighted by atomic mass is 127. The third-order valence-electron chi connectivity index (χ3n) is 3.13. The summed E-state index contributed by atoms with van der Waals surface area (Å²) in [6, 6.07) is 16.8. The molecule has 122 valence electrons. The zero-order valence-corrected chi connectivity index (χ0v) is 14.8. The fourth-order valence-corrected chi connectivity index (χ4v) is 3.28. The number of amides is 1. The zero-order valence-electron chi connectivity index (χ0n) is 12.6. The van der Waals surface area contributed by atoms with Crippen molar-refractivity contribution in [3.05, 3.63) is 65.7 Å². The molecule has 0 radical (unpaired) electrons. The van der Waals surface area contributed by atoms with Crippen molar-refractivity contribution in [2.24, 2.45) is 15.7 Å². The smallest absolute Gasteiger partial charge is 0.251 e. The van der Waals surface area contributed by atoms with Crippen molar-refractivity contribution in [1.82, 2.24) is 0 Å². The number of carbonyl (C=O) groups excluding carboxylic acids is 1. The highest BCUT2D eigenvalue weighted by Gasteiger charge is 2.07. The fraction of sp³-hybridized carbons (Fsp3) is 0.0588. The molecular formula is C17H15IN4O2. The first-order chi connectivity index (χ1) is 11.7. The van der Waals surface area contributed by atoms with E-state index in [1.54, 1.807) is 24.3 Å². The van der Waals surface area contributed by atoms with E-state index < -0.39 is 26.6 Å². The highest BCUT2D eigenvalue weighted by Crippen LogP contribution is 2.14. The number of aliphatic imine (C=N–C) groups is 2. The summed E-state index contributed by atoms with van der Waals surface area (Å²) >= 11 is -0.453. The number of ether oxygens (including phenoxy) is 1. The van der Waals surface area contributed by atoms with Crippen molar-refractivity contribution in [2.75, 3.05) is 5.32 Å². The molecule has 2 aromatic rings.